The lowest BCUT2D eigenvalue weighted by Crippen LogP contribution is -2.40. The van der Waals surface area contributed by atoms with Crippen molar-refractivity contribution in [3.05, 3.63) is 23.9 Å². The number of ether oxygens (including phenoxy) is 1. The van der Waals surface area contributed by atoms with Crippen molar-refractivity contribution in [1.82, 2.24) is 9.88 Å². The molecule has 1 aromatic heterocycles. The van der Waals surface area contributed by atoms with Crippen LogP contribution >= 0.6 is 11.6 Å². The molecule has 0 radical (unpaired) electrons. The van der Waals surface area contributed by atoms with Crippen LogP contribution in [0.15, 0.2) is 18.3 Å². The van der Waals surface area contributed by atoms with Gasteiger partial charge in [-0.05, 0) is 25.5 Å². The molecule has 1 aliphatic rings. The lowest BCUT2D eigenvalue weighted by Gasteiger charge is -2.34. The number of aromatic nitrogens is 1. The molecule has 1 aromatic rings. The van der Waals surface area contributed by atoms with Crippen LogP contribution in [0.5, 0.6) is 5.88 Å². The molecule has 0 N–H and O–H groups in total. The van der Waals surface area contributed by atoms with Crippen LogP contribution in [-0.4, -0.2) is 35.5 Å². The van der Waals surface area contributed by atoms with E-state index >= 15 is 0 Å². The van der Waals surface area contributed by atoms with Crippen LogP contribution in [0.3, 0.4) is 0 Å². The van der Waals surface area contributed by atoms with Gasteiger partial charge in [0.25, 0.3) is 0 Å². The molecule has 0 amide bonds. The molecule has 94 valence electrons. The standard InChI is InChI=1S/C13H19ClN2O/c1-17-13-11(5-4-7-15-13)10-16-8-3-2-6-12(16)9-14/h4-5,7,12H,2-3,6,8-10H2,1H3. The highest BCUT2D eigenvalue weighted by Gasteiger charge is 2.22. The minimum Gasteiger partial charge on any atom is -0.481 e. The van der Waals surface area contributed by atoms with Crippen molar-refractivity contribution < 1.29 is 4.74 Å². The molecule has 0 saturated carbocycles. The molecule has 4 heteroatoms. The van der Waals surface area contributed by atoms with Crippen molar-refractivity contribution in [2.45, 2.75) is 31.8 Å². The summed E-state index contributed by atoms with van der Waals surface area (Å²) in [5.74, 6) is 1.44. The summed E-state index contributed by atoms with van der Waals surface area (Å²) in [6, 6.07) is 4.53. The van der Waals surface area contributed by atoms with Gasteiger partial charge >= 0.3 is 0 Å². The number of methoxy groups -OCH3 is 1. The summed E-state index contributed by atoms with van der Waals surface area (Å²) in [7, 11) is 1.67. The molecular formula is C13H19ClN2O. The highest BCUT2D eigenvalue weighted by molar-refractivity contribution is 6.18. The molecule has 1 atom stereocenters. The Morgan fingerprint density at radius 1 is 1.53 bits per heavy atom. The summed E-state index contributed by atoms with van der Waals surface area (Å²) < 4.78 is 5.28. The monoisotopic (exact) mass is 254 g/mol. The maximum Gasteiger partial charge on any atom is 0.217 e. The van der Waals surface area contributed by atoms with Gasteiger partial charge in [0.2, 0.25) is 5.88 Å². The summed E-state index contributed by atoms with van der Waals surface area (Å²) in [5, 5.41) is 0. The fraction of sp³-hybridized carbons (Fsp3) is 0.615. The second-order valence-electron chi connectivity index (χ2n) is 4.45. The number of rotatable bonds is 4. The molecule has 2 rings (SSSR count). The number of hydrogen-bond donors (Lipinski definition) is 0. The van der Waals surface area contributed by atoms with Crippen LogP contribution in [0.1, 0.15) is 24.8 Å². The molecule has 0 aliphatic carbocycles. The average Bonchev–Trinajstić information content (AvgIpc) is 2.40. The molecule has 2 heterocycles. The van der Waals surface area contributed by atoms with E-state index in [-0.39, 0.29) is 0 Å². The Morgan fingerprint density at radius 2 is 2.41 bits per heavy atom. The van der Waals surface area contributed by atoms with Gasteiger partial charge in [0.1, 0.15) is 0 Å². The summed E-state index contributed by atoms with van der Waals surface area (Å²) in [6.07, 6.45) is 5.51. The first-order chi connectivity index (χ1) is 8.35. The van der Waals surface area contributed by atoms with Crippen LogP contribution in [0.2, 0.25) is 0 Å². The topological polar surface area (TPSA) is 25.4 Å². The number of halogens is 1. The zero-order chi connectivity index (χ0) is 12.1. The van der Waals surface area contributed by atoms with Gasteiger partial charge in [-0.3, -0.25) is 4.90 Å². The summed E-state index contributed by atoms with van der Waals surface area (Å²) in [4.78, 5) is 6.67. The quantitative estimate of drug-likeness (QED) is 0.773. The summed E-state index contributed by atoms with van der Waals surface area (Å²) >= 11 is 6.03. The fourth-order valence-corrected chi connectivity index (χ4v) is 2.74. The third kappa shape index (κ3) is 3.11. The van der Waals surface area contributed by atoms with Crippen molar-refractivity contribution in [2.75, 3.05) is 19.5 Å². The van der Waals surface area contributed by atoms with Gasteiger partial charge in [-0.1, -0.05) is 12.5 Å². The smallest absolute Gasteiger partial charge is 0.217 e. The van der Waals surface area contributed by atoms with Crippen molar-refractivity contribution in [3.63, 3.8) is 0 Å². The molecule has 1 fully saturated rings. The molecule has 1 saturated heterocycles. The Kier molecular flexibility index (Phi) is 4.63. The molecular weight excluding hydrogens is 236 g/mol. The molecule has 0 aromatic carbocycles. The van der Waals surface area contributed by atoms with Crippen molar-refractivity contribution >= 4 is 11.6 Å². The number of hydrogen-bond acceptors (Lipinski definition) is 3. The predicted molar refractivity (Wildman–Crippen MR) is 69.6 cm³/mol. The Bertz CT molecular complexity index is 359. The van der Waals surface area contributed by atoms with E-state index in [9.17, 15) is 0 Å². The number of pyridine rings is 1. The van der Waals surface area contributed by atoms with Gasteiger partial charge in [0.05, 0.1) is 7.11 Å². The van der Waals surface area contributed by atoms with Crippen LogP contribution in [-0.2, 0) is 6.54 Å². The lowest BCUT2D eigenvalue weighted by atomic mass is 10.0. The largest absolute Gasteiger partial charge is 0.481 e. The van der Waals surface area contributed by atoms with Gasteiger partial charge in [0, 0.05) is 30.2 Å². The number of nitrogens with zero attached hydrogens (tertiary/aromatic N) is 2. The van der Waals surface area contributed by atoms with Crippen molar-refractivity contribution in [2.24, 2.45) is 0 Å². The van der Waals surface area contributed by atoms with E-state index in [1.165, 1.54) is 19.3 Å². The normalized spacial score (nSPS) is 21.4. The van der Waals surface area contributed by atoms with Gasteiger partial charge in [-0.15, -0.1) is 11.6 Å². The van der Waals surface area contributed by atoms with Crippen molar-refractivity contribution in [1.29, 1.82) is 0 Å². The lowest BCUT2D eigenvalue weighted by molar-refractivity contribution is 0.153. The number of likely N-dealkylation sites (tertiary alicyclic amines) is 1. The third-order valence-corrected chi connectivity index (χ3v) is 3.70. The summed E-state index contributed by atoms with van der Waals surface area (Å²) in [6.45, 7) is 2.00. The van der Waals surface area contributed by atoms with Gasteiger partial charge < -0.3 is 4.74 Å². The predicted octanol–water partition coefficient (Wildman–Crippen LogP) is 2.68. The van der Waals surface area contributed by atoms with Crippen LogP contribution < -0.4 is 4.74 Å². The highest BCUT2D eigenvalue weighted by atomic mass is 35.5. The van der Waals surface area contributed by atoms with E-state index in [1.807, 2.05) is 6.07 Å². The maximum atomic E-state index is 6.03. The van der Waals surface area contributed by atoms with Gasteiger partial charge in [-0.25, -0.2) is 4.98 Å². The maximum absolute atomic E-state index is 6.03. The van der Waals surface area contributed by atoms with E-state index in [1.54, 1.807) is 13.3 Å². The molecule has 3 nitrogen and oxygen atoms in total. The van der Waals surface area contributed by atoms with Gasteiger partial charge in [0.15, 0.2) is 0 Å². The third-order valence-electron chi connectivity index (χ3n) is 3.34. The van der Waals surface area contributed by atoms with E-state index < -0.39 is 0 Å². The first-order valence-corrected chi connectivity index (χ1v) is 6.66. The zero-order valence-electron chi connectivity index (χ0n) is 10.2. The van der Waals surface area contributed by atoms with Crippen LogP contribution in [0.25, 0.3) is 0 Å². The SMILES string of the molecule is COc1ncccc1CN1CCCCC1CCl. The second kappa shape index (κ2) is 6.22. The molecule has 0 spiro atoms. The van der Waals surface area contributed by atoms with E-state index in [0.29, 0.717) is 11.9 Å². The molecule has 17 heavy (non-hydrogen) atoms. The first kappa shape index (κ1) is 12.7. The minimum absolute atomic E-state index is 0.496. The Hall–Kier alpha value is -0.800. The number of piperidine rings is 1. The Labute approximate surface area is 108 Å². The van der Waals surface area contributed by atoms with Crippen LogP contribution in [0, 0.1) is 0 Å². The van der Waals surface area contributed by atoms with Crippen LogP contribution in [0.4, 0.5) is 0 Å². The minimum atomic E-state index is 0.496. The van der Waals surface area contributed by atoms with E-state index in [0.717, 1.165) is 24.5 Å². The first-order valence-electron chi connectivity index (χ1n) is 6.13. The summed E-state index contributed by atoms with van der Waals surface area (Å²) in [5.41, 5.74) is 1.15. The van der Waals surface area contributed by atoms with E-state index in [4.69, 9.17) is 16.3 Å². The molecule has 1 unspecified atom stereocenters. The van der Waals surface area contributed by atoms with Crippen molar-refractivity contribution in [3.8, 4) is 5.88 Å². The Balaban J connectivity index is 2.08. The Morgan fingerprint density at radius 3 is 3.18 bits per heavy atom. The average molecular weight is 255 g/mol. The zero-order valence-corrected chi connectivity index (χ0v) is 11.0. The molecule has 1 aliphatic heterocycles. The van der Waals surface area contributed by atoms with Gasteiger partial charge in [-0.2, -0.15) is 0 Å². The second-order valence-corrected chi connectivity index (χ2v) is 4.75. The molecule has 0 bridgehead atoms. The number of alkyl halides is 1. The fourth-order valence-electron chi connectivity index (χ4n) is 2.39. The highest BCUT2D eigenvalue weighted by Crippen LogP contribution is 2.23. The van der Waals surface area contributed by atoms with E-state index in [2.05, 4.69) is 16.0 Å².